The molecule has 0 amide bonds. The number of hydrogen-bond acceptors (Lipinski definition) is 2. The number of nitrogens with zero attached hydrogens (tertiary/aromatic N) is 2. The second-order valence-electron chi connectivity index (χ2n) is 5.50. The molecule has 19 heavy (non-hydrogen) atoms. The Labute approximate surface area is 121 Å². The second-order valence-corrected chi connectivity index (χ2v) is 5.50. The molecular weight excluding hydrogens is 232 g/mol. The molecule has 0 saturated heterocycles. The summed E-state index contributed by atoms with van der Waals surface area (Å²) in [5.41, 5.74) is 0. The lowest BCUT2D eigenvalue weighted by Crippen LogP contribution is -2.30. The maximum absolute atomic E-state index is 2.42. The molecule has 0 N–H and O–H groups in total. The molecule has 0 spiro atoms. The molecule has 0 bridgehead atoms. The van der Waals surface area contributed by atoms with E-state index in [1.54, 1.807) is 0 Å². The minimum Gasteiger partial charge on any atom is -0.362 e. The highest BCUT2D eigenvalue weighted by Gasteiger charge is 2.05. The van der Waals surface area contributed by atoms with Gasteiger partial charge in [0.15, 0.2) is 0 Å². The van der Waals surface area contributed by atoms with Gasteiger partial charge in [0, 0.05) is 27.2 Å². The summed E-state index contributed by atoms with van der Waals surface area (Å²) >= 11 is 0. The van der Waals surface area contributed by atoms with Crippen molar-refractivity contribution in [1.82, 2.24) is 9.80 Å². The highest BCUT2D eigenvalue weighted by molar-refractivity contribution is 4.98. The van der Waals surface area contributed by atoms with Gasteiger partial charge >= 0.3 is 0 Å². The van der Waals surface area contributed by atoms with Crippen LogP contribution in [0.25, 0.3) is 0 Å². The van der Waals surface area contributed by atoms with Crippen molar-refractivity contribution in [3.05, 3.63) is 11.9 Å². The van der Waals surface area contributed by atoms with E-state index in [1.165, 1.54) is 57.2 Å². The SMILES string of the molecule is CCCCCCCCCC=C(N(C)CC)N(C)CC. The molecule has 0 radical (unpaired) electrons. The van der Waals surface area contributed by atoms with E-state index in [1.807, 2.05) is 0 Å². The summed E-state index contributed by atoms with van der Waals surface area (Å²) in [6, 6.07) is 0. The lowest BCUT2D eigenvalue weighted by Gasteiger charge is -2.29. The first kappa shape index (κ1) is 18.3. The van der Waals surface area contributed by atoms with Gasteiger partial charge in [-0.25, -0.2) is 0 Å². The van der Waals surface area contributed by atoms with Crippen molar-refractivity contribution in [1.29, 1.82) is 0 Å². The Morgan fingerprint density at radius 1 is 0.737 bits per heavy atom. The number of allylic oxidation sites excluding steroid dienone is 1. The van der Waals surface area contributed by atoms with E-state index >= 15 is 0 Å². The molecule has 0 fully saturated rings. The van der Waals surface area contributed by atoms with Gasteiger partial charge in [-0.1, -0.05) is 45.4 Å². The maximum atomic E-state index is 2.42. The summed E-state index contributed by atoms with van der Waals surface area (Å²) < 4.78 is 0. The summed E-state index contributed by atoms with van der Waals surface area (Å²) in [7, 11) is 4.37. The first-order valence-corrected chi connectivity index (χ1v) is 8.29. The topological polar surface area (TPSA) is 6.48 Å². The molecule has 0 aliphatic carbocycles. The summed E-state index contributed by atoms with van der Waals surface area (Å²) in [6.07, 6.45) is 13.4. The average molecular weight is 268 g/mol. The van der Waals surface area contributed by atoms with E-state index in [4.69, 9.17) is 0 Å². The van der Waals surface area contributed by atoms with E-state index in [0.717, 1.165) is 13.1 Å². The molecule has 2 nitrogen and oxygen atoms in total. The molecule has 2 heteroatoms. The van der Waals surface area contributed by atoms with E-state index in [2.05, 4.69) is 50.7 Å². The Balaban J connectivity index is 3.85. The van der Waals surface area contributed by atoms with E-state index < -0.39 is 0 Å². The summed E-state index contributed by atoms with van der Waals surface area (Å²) in [5.74, 6) is 1.39. The molecular formula is C17H36N2. The quantitative estimate of drug-likeness (QED) is 0.466. The summed E-state index contributed by atoms with van der Waals surface area (Å²) in [4.78, 5) is 4.68. The van der Waals surface area contributed by atoms with Gasteiger partial charge in [-0.3, -0.25) is 0 Å². The zero-order chi connectivity index (χ0) is 14.5. The summed E-state index contributed by atoms with van der Waals surface area (Å²) in [5, 5.41) is 0. The Hall–Kier alpha value is -0.660. The van der Waals surface area contributed by atoms with Crippen LogP contribution in [-0.2, 0) is 0 Å². The Morgan fingerprint density at radius 2 is 1.21 bits per heavy atom. The predicted molar refractivity (Wildman–Crippen MR) is 87.3 cm³/mol. The molecule has 114 valence electrons. The van der Waals surface area contributed by atoms with Crippen LogP contribution in [0.5, 0.6) is 0 Å². The molecule has 0 rings (SSSR count). The van der Waals surface area contributed by atoms with Gasteiger partial charge < -0.3 is 9.80 Å². The van der Waals surface area contributed by atoms with E-state index in [9.17, 15) is 0 Å². The average Bonchev–Trinajstić information content (AvgIpc) is 2.44. The third-order valence-corrected chi connectivity index (χ3v) is 3.87. The lowest BCUT2D eigenvalue weighted by atomic mass is 10.1. The number of rotatable bonds is 12. The van der Waals surface area contributed by atoms with Crippen LogP contribution in [0.3, 0.4) is 0 Å². The first-order chi connectivity index (χ1) is 9.17. The van der Waals surface area contributed by atoms with Gasteiger partial charge in [0.05, 0.1) is 5.82 Å². The fraction of sp³-hybridized carbons (Fsp3) is 0.882. The molecule has 0 aliphatic heterocycles. The molecule has 0 aromatic rings. The van der Waals surface area contributed by atoms with Gasteiger partial charge in [-0.15, -0.1) is 0 Å². The predicted octanol–water partition coefficient (Wildman–Crippen LogP) is 4.87. The fourth-order valence-electron chi connectivity index (χ4n) is 2.26. The minimum absolute atomic E-state index is 1.08. The van der Waals surface area contributed by atoms with Crippen molar-refractivity contribution in [2.24, 2.45) is 0 Å². The van der Waals surface area contributed by atoms with Crippen molar-refractivity contribution in [3.63, 3.8) is 0 Å². The molecule has 0 aromatic carbocycles. The van der Waals surface area contributed by atoms with Crippen LogP contribution >= 0.6 is 0 Å². The normalized spacial score (nSPS) is 10.4. The third-order valence-electron chi connectivity index (χ3n) is 3.87. The van der Waals surface area contributed by atoms with Gasteiger partial charge in [-0.05, 0) is 32.8 Å². The van der Waals surface area contributed by atoms with E-state index in [-0.39, 0.29) is 0 Å². The van der Waals surface area contributed by atoms with E-state index in [0.29, 0.717) is 0 Å². The van der Waals surface area contributed by atoms with Gasteiger partial charge in [0.2, 0.25) is 0 Å². The van der Waals surface area contributed by atoms with Crippen LogP contribution in [0.2, 0.25) is 0 Å². The molecule has 0 aromatic heterocycles. The molecule has 0 atom stereocenters. The zero-order valence-corrected chi connectivity index (χ0v) is 14.0. The number of unbranched alkanes of at least 4 members (excludes halogenated alkanes) is 7. The lowest BCUT2D eigenvalue weighted by molar-refractivity contribution is 0.283. The number of hydrogen-bond donors (Lipinski definition) is 0. The zero-order valence-electron chi connectivity index (χ0n) is 14.0. The van der Waals surface area contributed by atoms with Gasteiger partial charge in [0.25, 0.3) is 0 Å². The largest absolute Gasteiger partial charge is 0.362 e. The van der Waals surface area contributed by atoms with Crippen LogP contribution in [0, 0.1) is 0 Å². The minimum atomic E-state index is 1.08. The standard InChI is InChI=1S/C17H36N2/c1-6-9-10-11-12-13-14-15-16-17(18(4)7-2)19(5)8-3/h16H,6-15H2,1-5H3. The smallest absolute Gasteiger partial charge is 0.0992 e. The van der Waals surface area contributed by atoms with Crippen LogP contribution in [0.15, 0.2) is 11.9 Å². The highest BCUT2D eigenvalue weighted by atomic mass is 15.3. The Morgan fingerprint density at radius 3 is 1.68 bits per heavy atom. The van der Waals surface area contributed by atoms with Crippen LogP contribution in [-0.4, -0.2) is 37.0 Å². The fourth-order valence-corrected chi connectivity index (χ4v) is 2.26. The maximum Gasteiger partial charge on any atom is 0.0992 e. The molecule has 0 aliphatic rings. The highest BCUT2D eigenvalue weighted by Crippen LogP contribution is 2.12. The van der Waals surface area contributed by atoms with Gasteiger partial charge in [-0.2, -0.15) is 0 Å². The summed E-state index contributed by atoms with van der Waals surface area (Å²) in [6.45, 7) is 8.86. The van der Waals surface area contributed by atoms with Crippen molar-refractivity contribution in [3.8, 4) is 0 Å². The third kappa shape index (κ3) is 8.96. The van der Waals surface area contributed by atoms with Gasteiger partial charge in [0.1, 0.15) is 0 Å². The van der Waals surface area contributed by atoms with Crippen LogP contribution in [0.1, 0.15) is 72.1 Å². The molecule has 0 unspecified atom stereocenters. The Bertz CT molecular complexity index is 211. The van der Waals surface area contributed by atoms with Crippen LogP contribution < -0.4 is 0 Å². The molecule has 0 heterocycles. The molecule has 0 saturated carbocycles. The first-order valence-electron chi connectivity index (χ1n) is 8.29. The monoisotopic (exact) mass is 268 g/mol. The van der Waals surface area contributed by atoms with Crippen molar-refractivity contribution < 1.29 is 0 Å². The second kappa shape index (κ2) is 12.4. The van der Waals surface area contributed by atoms with Crippen molar-refractivity contribution >= 4 is 0 Å². The van der Waals surface area contributed by atoms with Crippen molar-refractivity contribution in [2.45, 2.75) is 72.1 Å². The van der Waals surface area contributed by atoms with Crippen molar-refractivity contribution in [2.75, 3.05) is 27.2 Å². The van der Waals surface area contributed by atoms with Crippen LogP contribution in [0.4, 0.5) is 0 Å². The Kier molecular flexibility index (Phi) is 11.9.